The van der Waals surface area contributed by atoms with E-state index in [2.05, 4.69) is 52.0 Å². The Balaban J connectivity index is 2.07. The van der Waals surface area contributed by atoms with Crippen molar-refractivity contribution in [2.24, 2.45) is 0 Å². The van der Waals surface area contributed by atoms with Gasteiger partial charge in [0, 0.05) is 23.9 Å². The molecule has 2 aromatic rings. The fraction of sp³-hybridized carbons (Fsp3) is 0.467. The van der Waals surface area contributed by atoms with E-state index >= 15 is 0 Å². The zero-order chi connectivity index (χ0) is 15.1. The maximum Gasteiger partial charge on any atom is 0.204 e. The first-order valence-electron chi connectivity index (χ1n) is 7.16. The summed E-state index contributed by atoms with van der Waals surface area (Å²) in [5, 5.41) is 8.76. The highest BCUT2D eigenvalue weighted by molar-refractivity contribution is 7.09. The van der Waals surface area contributed by atoms with E-state index in [1.54, 1.807) is 24.8 Å². The molecule has 0 bridgehead atoms. The van der Waals surface area contributed by atoms with Crippen LogP contribution in [0.5, 0.6) is 5.75 Å². The average molecular weight is 306 g/mol. The van der Waals surface area contributed by atoms with Crippen molar-refractivity contribution in [3.8, 4) is 5.75 Å². The van der Waals surface area contributed by atoms with E-state index < -0.39 is 0 Å². The van der Waals surface area contributed by atoms with Crippen LogP contribution in [0.4, 0.5) is 11.6 Å². The molecule has 2 heterocycles. The fourth-order valence-electron chi connectivity index (χ4n) is 2.05. The normalized spacial score (nSPS) is 12.0. The molecular weight excluding hydrogens is 284 g/mol. The number of ether oxygens (including phenoxy) is 1. The second kappa shape index (κ2) is 7.83. The predicted octanol–water partition coefficient (Wildman–Crippen LogP) is 3.41. The monoisotopic (exact) mass is 306 g/mol. The third kappa shape index (κ3) is 4.32. The highest BCUT2D eigenvalue weighted by Crippen LogP contribution is 2.29. The lowest BCUT2D eigenvalue weighted by atomic mass is 10.2. The van der Waals surface area contributed by atoms with Crippen molar-refractivity contribution in [2.75, 3.05) is 24.3 Å². The zero-order valence-electron chi connectivity index (χ0n) is 12.7. The number of rotatable bonds is 8. The molecule has 0 radical (unpaired) electrons. The van der Waals surface area contributed by atoms with Crippen LogP contribution in [0.1, 0.15) is 25.1 Å². The Kier molecular flexibility index (Phi) is 5.80. The van der Waals surface area contributed by atoms with Crippen molar-refractivity contribution >= 4 is 23.0 Å². The Morgan fingerprint density at radius 3 is 2.81 bits per heavy atom. The van der Waals surface area contributed by atoms with Crippen LogP contribution in [0, 0.1) is 0 Å². The zero-order valence-corrected chi connectivity index (χ0v) is 13.5. The van der Waals surface area contributed by atoms with Crippen molar-refractivity contribution in [1.82, 2.24) is 9.97 Å². The summed E-state index contributed by atoms with van der Waals surface area (Å²) in [5.74, 6) is 2.14. The van der Waals surface area contributed by atoms with Gasteiger partial charge in [-0.15, -0.1) is 11.3 Å². The molecule has 5 nitrogen and oxygen atoms in total. The lowest BCUT2D eigenvalue weighted by Crippen LogP contribution is -2.19. The van der Waals surface area contributed by atoms with Gasteiger partial charge in [0.25, 0.3) is 0 Å². The summed E-state index contributed by atoms with van der Waals surface area (Å²) in [4.78, 5) is 9.90. The van der Waals surface area contributed by atoms with Crippen molar-refractivity contribution in [1.29, 1.82) is 0 Å². The van der Waals surface area contributed by atoms with Gasteiger partial charge in [-0.1, -0.05) is 13.0 Å². The van der Waals surface area contributed by atoms with E-state index in [9.17, 15) is 0 Å². The number of aromatic nitrogens is 2. The Bertz CT molecular complexity index is 545. The van der Waals surface area contributed by atoms with Crippen LogP contribution in [-0.2, 0) is 6.42 Å². The number of nitrogens with zero attached hydrogens (tertiary/aromatic N) is 2. The van der Waals surface area contributed by atoms with E-state index in [0.29, 0.717) is 5.75 Å². The highest BCUT2D eigenvalue weighted by Gasteiger charge is 2.14. The second-order valence-corrected chi connectivity index (χ2v) is 5.89. The number of nitrogens with one attached hydrogen (secondary N) is 2. The summed E-state index contributed by atoms with van der Waals surface area (Å²) in [6.07, 6.45) is 3.55. The van der Waals surface area contributed by atoms with Crippen LogP contribution in [0.2, 0.25) is 0 Å². The highest BCUT2D eigenvalue weighted by atomic mass is 32.1. The standard InChI is InChI=1S/C15H22N4OS/c1-4-7-16-14-13(20-3)15(18-10-17-14)19-11(2)9-12-6-5-8-21-12/h5-6,8,10-11H,4,7,9H2,1-3H3,(H2,16,17,18,19). The summed E-state index contributed by atoms with van der Waals surface area (Å²) in [6.45, 7) is 5.11. The van der Waals surface area contributed by atoms with E-state index in [1.165, 1.54) is 4.88 Å². The van der Waals surface area contributed by atoms with Crippen LogP contribution >= 0.6 is 11.3 Å². The minimum atomic E-state index is 0.270. The van der Waals surface area contributed by atoms with Gasteiger partial charge >= 0.3 is 0 Å². The molecule has 0 amide bonds. The van der Waals surface area contributed by atoms with Gasteiger partial charge in [0.1, 0.15) is 6.33 Å². The predicted molar refractivity (Wildman–Crippen MR) is 88.5 cm³/mol. The Labute approximate surface area is 129 Å². The molecule has 21 heavy (non-hydrogen) atoms. The van der Waals surface area contributed by atoms with Gasteiger partial charge in [-0.3, -0.25) is 0 Å². The number of hydrogen-bond acceptors (Lipinski definition) is 6. The number of methoxy groups -OCH3 is 1. The Morgan fingerprint density at radius 2 is 2.14 bits per heavy atom. The molecule has 2 rings (SSSR count). The van der Waals surface area contributed by atoms with Crippen LogP contribution in [-0.4, -0.2) is 29.7 Å². The van der Waals surface area contributed by atoms with Gasteiger partial charge in [0.15, 0.2) is 11.6 Å². The van der Waals surface area contributed by atoms with Gasteiger partial charge in [-0.2, -0.15) is 0 Å². The lowest BCUT2D eigenvalue weighted by molar-refractivity contribution is 0.414. The second-order valence-electron chi connectivity index (χ2n) is 4.86. The van der Waals surface area contributed by atoms with Gasteiger partial charge in [-0.25, -0.2) is 9.97 Å². The van der Waals surface area contributed by atoms with Gasteiger partial charge < -0.3 is 15.4 Å². The summed E-state index contributed by atoms with van der Waals surface area (Å²) >= 11 is 1.77. The van der Waals surface area contributed by atoms with Gasteiger partial charge in [0.05, 0.1) is 7.11 Å². The SMILES string of the molecule is CCCNc1ncnc(NC(C)Cc2cccs2)c1OC. The third-order valence-electron chi connectivity index (χ3n) is 3.02. The van der Waals surface area contributed by atoms with Crippen LogP contribution in [0.25, 0.3) is 0 Å². The summed E-state index contributed by atoms with van der Waals surface area (Å²) in [7, 11) is 1.64. The molecule has 2 aromatic heterocycles. The average Bonchev–Trinajstić information content (AvgIpc) is 2.97. The van der Waals surface area contributed by atoms with Crippen molar-refractivity contribution in [3.05, 3.63) is 28.7 Å². The molecule has 0 saturated carbocycles. The molecule has 0 aliphatic carbocycles. The fourth-order valence-corrected chi connectivity index (χ4v) is 2.89. The van der Waals surface area contributed by atoms with Gasteiger partial charge in [0.2, 0.25) is 5.75 Å². The molecule has 2 N–H and O–H groups in total. The molecule has 0 aliphatic rings. The van der Waals surface area contributed by atoms with Crippen molar-refractivity contribution in [3.63, 3.8) is 0 Å². The molecule has 0 aliphatic heterocycles. The molecule has 0 fully saturated rings. The molecule has 0 saturated heterocycles. The first-order valence-corrected chi connectivity index (χ1v) is 8.04. The van der Waals surface area contributed by atoms with Gasteiger partial charge in [-0.05, 0) is 24.8 Å². The first-order chi connectivity index (χ1) is 10.2. The maximum absolute atomic E-state index is 5.46. The molecular formula is C15H22N4OS. The minimum Gasteiger partial charge on any atom is -0.490 e. The molecule has 1 atom stereocenters. The van der Waals surface area contributed by atoms with Crippen molar-refractivity contribution in [2.45, 2.75) is 32.7 Å². The third-order valence-corrected chi connectivity index (χ3v) is 3.92. The van der Waals surface area contributed by atoms with Crippen LogP contribution in [0.15, 0.2) is 23.8 Å². The minimum absolute atomic E-state index is 0.270. The molecule has 0 aromatic carbocycles. The smallest absolute Gasteiger partial charge is 0.204 e. The summed E-state index contributed by atoms with van der Waals surface area (Å²) < 4.78 is 5.46. The number of thiophene rings is 1. The maximum atomic E-state index is 5.46. The largest absolute Gasteiger partial charge is 0.490 e. The first kappa shape index (κ1) is 15.6. The summed E-state index contributed by atoms with van der Waals surface area (Å²) in [6, 6.07) is 4.49. The summed E-state index contributed by atoms with van der Waals surface area (Å²) in [5.41, 5.74) is 0. The Morgan fingerprint density at radius 1 is 1.33 bits per heavy atom. The van der Waals surface area contributed by atoms with E-state index in [4.69, 9.17) is 4.74 Å². The number of anilines is 2. The molecule has 0 spiro atoms. The van der Waals surface area contributed by atoms with Crippen molar-refractivity contribution < 1.29 is 4.74 Å². The quantitative estimate of drug-likeness (QED) is 0.782. The molecule has 1 unspecified atom stereocenters. The topological polar surface area (TPSA) is 59.1 Å². The molecule has 114 valence electrons. The number of hydrogen-bond donors (Lipinski definition) is 2. The van der Waals surface area contributed by atoms with E-state index in [-0.39, 0.29) is 6.04 Å². The van der Waals surface area contributed by atoms with E-state index in [1.807, 2.05) is 0 Å². The lowest BCUT2D eigenvalue weighted by Gasteiger charge is -2.17. The van der Waals surface area contributed by atoms with E-state index in [0.717, 1.165) is 31.0 Å². The van der Waals surface area contributed by atoms with Crippen LogP contribution in [0.3, 0.4) is 0 Å². The Hall–Kier alpha value is -1.82. The molecule has 6 heteroatoms. The van der Waals surface area contributed by atoms with Crippen LogP contribution < -0.4 is 15.4 Å².